The Labute approximate surface area is 252 Å². The van der Waals surface area contributed by atoms with E-state index in [1.54, 1.807) is 7.11 Å². The van der Waals surface area contributed by atoms with Gasteiger partial charge in [0.15, 0.2) is 5.75 Å². The summed E-state index contributed by atoms with van der Waals surface area (Å²) in [4.78, 5) is 14.3. The lowest BCUT2D eigenvalue weighted by Gasteiger charge is -2.38. The van der Waals surface area contributed by atoms with Crippen LogP contribution in [0.25, 0.3) is 0 Å². The molecule has 0 saturated carbocycles. The molecule has 3 aromatic carbocycles. The number of aldehydes is 1. The molecule has 9 heteroatoms. The zero-order chi connectivity index (χ0) is 29.2. The second-order valence-electron chi connectivity index (χ2n) is 10.2. The number of benzene rings is 3. The molecule has 0 bridgehead atoms. The first-order valence-electron chi connectivity index (χ1n) is 13.9. The van der Waals surface area contributed by atoms with Crippen LogP contribution >= 0.6 is 23.2 Å². The highest BCUT2D eigenvalue weighted by molar-refractivity contribution is 6.37. The number of anilines is 1. The van der Waals surface area contributed by atoms with Gasteiger partial charge in [-0.3, -0.25) is 0 Å². The number of nitrogens with two attached hydrogens (primary N) is 1. The highest BCUT2D eigenvalue weighted by Crippen LogP contribution is 2.34. The second kappa shape index (κ2) is 15.3. The number of carbonyl (C=O) groups is 1. The van der Waals surface area contributed by atoms with Crippen molar-refractivity contribution < 1.29 is 23.7 Å². The summed E-state index contributed by atoms with van der Waals surface area (Å²) in [6.07, 6.45) is 3.83. The third-order valence-corrected chi connectivity index (χ3v) is 7.64. The maximum Gasteiger partial charge on any atom is 0.156 e. The normalized spacial score (nSPS) is 14.2. The zero-order valence-electron chi connectivity index (χ0n) is 23.6. The summed E-state index contributed by atoms with van der Waals surface area (Å²) in [5.74, 6) is 1.64. The molecule has 0 aromatic heterocycles. The Bertz CT molecular complexity index is 1260. The summed E-state index contributed by atoms with van der Waals surface area (Å²) in [5.41, 5.74) is 10.9. The van der Waals surface area contributed by atoms with Gasteiger partial charge < -0.3 is 34.4 Å². The van der Waals surface area contributed by atoms with Crippen molar-refractivity contribution in [1.29, 1.82) is 0 Å². The molecule has 2 atom stereocenters. The van der Waals surface area contributed by atoms with Crippen molar-refractivity contribution in [2.45, 2.75) is 38.8 Å². The minimum atomic E-state index is -0.437. The topological polar surface area (TPSA) is 83.2 Å². The smallest absolute Gasteiger partial charge is 0.156 e. The predicted octanol–water partition coefficient (Wildman–Crippen LogP) is 6.27. The molecule has 41 heavy (non-hydrogen) atoms. The molecule has 1 heterocycles. The molecule has 1 aliphatic heterocycles. The number of nitrogens with zero attached hydrogens (tertiary/aromatic N) is 1. The van der Waals surface area contributed by atoms with Gasteiger partial charge in [-0.15, -0.1) is 0 Å². The van der Waals surface area contributed by atoms with Crippen LogP contribution in [0.5, 0.6) is 17.2 Å². The van der Waals surface area contributed by atoms with Crippen LogP contribution in [0.2, 0.25) is 10.0 Å². The monoisotopic (exact) mass is 600 g/mol. The van der Waals surface area contributed by atoms with E-state index in [1.807, 2.05) is 49.4 Å². The van der Waals surface area contributed by atoms with Crippen LogP contribution < -0.4 is 24.8 Å². The van der Waals surface area contributed by atoms with Crippen LogP contribution in [0, 0.1) is 12.8 Å². The largest absolute Gasteiger partial charge is 0.493 e. The molecule has 220 valence electrons. The summed E-state index contributed by atoms with van der Waals surface area (Å²) in [6, 6.07) is 17.4. The Morgan fingerprint density at radius 1 is 0.927 bits per heavy atom. The first kappa shape index (κ1) is 31.0. The van der Waals surface area contributed by atoms with E-state index in [2.05, 4.69) is 17.0 Å². The van der Waals surface area contributed by atoms with E-state index in [9.17, 15) is 4.79 Å². The van der Waals surface area contributed by atoms with Crippen molar-refractivity contribution in [2.24, 2.45) is 11.7 Å². The van der Waals surface area contributed by atoms with Gasteiger partial charge in [0.1, 0.15) is 31.0 Å². The van der Waals surface area contributed by atoms with Crippen LogP contribution in [0.4, 0.5) is 5.69 Å². The molecule has 7 nitrogen and oxygen atoms in total. The van der Waals surface area contributed by atoms with Crippen LogP contribution in [0.15, 0.2) is 54.6 Å². The number of carbonyl (C=O) groups excluding carboxylic acids is 1. The average Bonchev–Trinajstić information content (AvgIpc) is 2.97. The van der Waals surface area contributed by atoms with E-state index in [4.69, 9.17) is 47.9 Å². The minimum absolute atomic E-state index is 0.297. The maximum absolute atomic E-state index is 12.2. The lowest BCUT2D eigenvalue weighted by atomic mass is 9.94. The highest BCUT2D eigenvalue weighted by atomic mass is 35.5. The third-order valence-electron chi connectivity index (χ3n) is 7.08. The van der Waals surface area contributed by atoms with E-state index in [-0.39, 0.29) is 5.92 Å². The van der Waals surface area contributed by atoms with Gasteiger partial charge in [0.05, 0.1) is 28.7 Å². The Morgan fingerprint density at radius 2 is 1.61 bits per heavy atom. The average molecular weight is 602 g/mol. The minimum Gasteiger partial charge on any atom is -0.493 e. The summed E-state index contributed by atoms with van der Waals surface area (Å²) in [6.45, 7) is 4.63. The van der Waals surface area contributed by atoms with Crippen LogP contribution in [-0.4, -0.2) is 52.5 Å². The second-order valence-corrected chi connectivity index (χ2v) is 11.0. The number of hydrogen-bond acceptors (Lipinski definition) is 7. The molecular weight excluding hydrogens is 563 g/mol. The van der Waals surface area contributed by atoms with E-state index in [0.29, 0.717) is 54.4 Å². The fourth-order valence-corrected chi connectivity index (χ4v) is 5.70. The maximum atomic E-state index is 12.2. The molecule has 0 saturated heterocycles. The van der Waals surface area contributed by atoms with Crippen molar-refractivity contribution in [3.05, 3.63) is 81.3 Å². The molecule has 2 N–H and O–H groups in total. The Hall–Kier alpha value is -2.97. The Balaban J connectivity index is 1.30. The van der Waals surface area contributed by atoms with Crippen LogP contribution in [0.3, 0.4) is 0 Å². The van der Waals surface area contributed by atoms with Gasteiger partial charge in [-0.1, -0.05) is 35.3 Å². The first-order chi connectivity index (χ1) is 19.9. The predicted molar refractivity (Wildman–Crippen MR) is 164 cm³/mol. The summed E-state index contributed by atoms with van der Waals surface area (Å²) < 4.78 is 22.5. The quantitative estimate of drug-likeness (QED) is 0.162. The number of aryl methyl sites for hydroxylation is 2. The fourth-order valence-electron chi connectivity index (χ4n) is 5.00. The number of rotatable bonds is 15. The molecule has 0 radical (unpaired) electrons. The number of methoxy groups -OCH3 is 1. The standard InChI is InChI=1S/C32H38Cl2N2O5/c1-22-17-28(33)31(29(34)18-22)41-16-15-40-26-8-6-23(7-9-26)19-25(21-37)32(35)36-12-3-5-24-20-27(10-11-30(24)36)39-14-4-13-38-2/h6-11,17-18,20-21,25,32H,3-5,12-16,19,35H2,1-2H3. The molecule has 0 amide bonds. The van der Waals surface area contributed by atoms with Crippen molar-refractivity contribution in [3.63, 3.8) is 0 Å². The van der Waals surface area contributed by atoms with Crippen LogP contribution in [-0.2, 0) is 22.4 Å². The van der Waals surface area contributed by atoms with E-state index in [1.165, 1.54) is 5.56 Å². The van der Waals surface area contributed by atoms with Gasteiger partial charge >= 0.3 is 0 Å². The lowest BCUT2D eigenvalue weighted by Crippen LogP contribution is -2.50. The number of hydrogen-bond donors (Lipinski definition) is 1. The summed E-state index contributed by atoms with van der Waals surface area (Å²) in [7, 11) is 1.69. The summed E-state index contributed by atoms with van der Waals surface area (Å²) >= 11 is 12.5. The van der Waals surface area contributed by atoms with Gasteiger partial charge in [-0.25, -0.2) is 0 Å². The number of halogens is 2. The fraction of sp³-hybridized carbons (Fsp3) is 0.406. The summed E-state index contributed by atoms with van der Waals surface area (Å²) in [5, 5.41) is 0.950. The van der Waals surface area contributed by atoms with Gasteiger partial charge in [0.25, 0.3) is 0 Å². The molecule has 0 aliphatic carbocycles. The Kier molecular flexibility index (Phi) is 11.6. The number of fused-ring (bicyclic) bond motifs is 1. The van der Waals surface area contributed by atoms with E-state index >= 15 is 0 Å². The number of ether oxygens (including phenoxy) is 4. The van der Waals surface area contributed by atoms with Gasteiger partial charge in [0.2, 0.25) is 0 Å². The van der Waals surface area contributed by atoms with Crippen molar-refractivity contribution in [3.8, 4) is 17.2 Å². The molecular formula is C32H38Cl2N2O5. The molecule has 0 fully saturated rings. The molecule has 1 aliphatic rings. The molecule has 2 unspecified atom stereocenters. The van der Waals surface area contributed by atoms with E-state index in [0.717, 1.165) is 54.7 Å². The highest BCUT2D eigenvalue weighted by Gasteiger charge is 2.28. The van der Waals surface area contributed by atoms with Crippen LogP contribution in [0.1, 0.15) is 29.5 Å². The third kappa shape index (κ3) is 8.52. The molecule has 0 spiro atoms. The van der Waals surface area contributed by atoms with Gasteiger partial charge in [-0.2, -0.15) is 0 Å². The lowest BCUT2D eigenvalue weighted by molar-refractivity contribution is -0.111. The van der Waals surface area contributed by atoms with Crippen molar-refractivity contribution in [2.75, 3.05) is 45.0 Å². The van der Waals surface area contributed by atoms with Gasteiger partial charge in [0, 0.05) is 32.4 Å². The zero-order valence-corrected chi connectivity index (χ0v) is 25.1. The molecule has 3 aromatic rings. The van der Waals surface area contributed by atoms with E-state index < -0.39 is 6.17 Å². The SMILES string of the molecule is COCCCOc1ccc2c(c1)CCCN2C(N)C(C=O)Cc1ccc(OCCOc2c(Cl)cc(C)cc2Cl)cc1. The Morgan fingerprint density at radius 3 is 2.32 bits per heavy atom. The molecule has 4 rings (SSSR count). The van der Waals surface area contributed by atoms with Crippen molar-refractivity contribution in [1.82, 2.24) is 0 Å². The van der Waals surface area contributed by atoms with Crippen molar-refractivity contribution >= 4 is 35.2 Å². The van der Waals surface area contributed by atoms with Gasteiger partial charge in [-0.05, 0) is 85.3 Å². The first-order valence-corrected chi connectivity index (χ1v) is 14.7.